The molecule has 1 atom stereocenters. The van der Waals surface area contributed by atoms with Crippen molar-refractivity contribution in [1.82, 2.24) is 30.1 Å². The molecule has 1 N–H and O–H groups in total. The Labute approximate surface area is 202 Å². The number of hydrogen-bond acceptors (Lipinski definition) is 8. The highest BCUT2D eigenvalue weighted by Crippen LogP contribution is 2.34. The van der Waals surface area contributed by atoms with Gasteiger partial charge in [-0.3, -0.25) is 9.69 Å². The van der Waals surface area contributed by atoms with E-state index in [1.165, 1.54) is 0 Å². The van der Waals surface area contributed by atoms with Gasteiger partial charge >= 0.3 is 0 Å². The van der Waals surface area contributed by atoms with Crippen molar-refractivity contribution < 1.29 is 14.2 Å². The van der Waals surface area contributed by atoms with E-state index in [-0.39, 0.29) is 11.6 Å². The topological polar surface area (TPSA) is 107 Å². The summed E-state index contributed by atoms with van der Waals surface area (Å²) < 4.78 is 17.9. The smallest absolute Gasteiger partial charge is 0.253 e. The second-order valence-electron chi connectivity index (χ2n) is 8.54. The first-order chi connectivity index (χ1) is 17.1. The summed E-state index contributed by atoms with van der Waals surface area (Å²) in [7, 11) is 4.81. The normalized spacial score (nSPS) is 14.8. The molecule has 0 radical (unpaired) electrons. The van der Waals surface area contributed by atoms with E-state index in [1.54, 1.807) is 32.1 Å². The maximum absolute atomic E-state index is 13.4. The van der Waals surface area contributed by atoms with Crippen molar-refractivity contribution in [2.45, 2.75) is 25.4 Å². The molecule has 182 valence electrons. The van der Waals surface area contributed by atoms with Crippen LogP contribution < -0.4 is 19.8 Å². The highest BCUT2D eigenvalue weighted by molar-refractivity contribution is 5.83. The molecule has 4 aromatic rings. The molecule has 0 aliphatic carbocycles. The number of hydrogen-bond donors (Lipinski definition) is 1. The van der Waals surface area contributed by atoms with E-state index < -0.39 is 0 Å². The summed E-state index contributed by atoms with van der Waals surface area (Å²) in [6, 6.07) is 13.0. The van der Waals surface area contributed by atoms with Crippen LogP contribution in [0.15, 0.2) is 47.3 Å². The molecule has 1 saturated heterocycles. The SMILES string of the molecule is COc1ccc(Cn2nnnc2C(c2cc3cc(OC)c(OC)cc3[nH]c2=O)N2CCCC2)cc1. The van der Waals surface area contributed by atoms with Crippen LogP contribution in [0.2, 0.25) is 0 Å². The molecule has 0 saturated carbocycles. The van der Waals surface area contributed by atoms with Crippen LogP contribution in [0, 0.1) is 0 Å². The summed E-state index contributed by atoms with van der Waals surface area (Å²) in [6.07, 6.45) is 2.13. The van der Waals surface area contributed by atoms with Crippen molar-refractivity contribution in [3.63, 3.8) is 0 Å². The number of tetrazole rings is 1. The molecule has 10 nitrogen and oxygen atoms in total. The van der Waals surface area contributed by atoms with Crippen LogP contribution in [0.4, 0.5) is 0 Å². The lowest BCUT2D eigenvalue weighted by molar-refractivity contribution is 0.263. The fraction of sp³-hybridized carbons (Fsp3) is 0.360. The Bertz CT molecular complexity index is 1380. The number of nitrogens with one attached hydrogen (secondary N) is 1. The van der Waals surface area contributed by atoms with Gasteiger partial charge in [-0.15, -0.1) is 5.10 Å². The monoisotopic (exact) mass is 476 g/mol. The predicted octanol–water partition coefficient (Wildman–Crippen LogP) is 2.77. The summed E-state index contributed by atoms with van der Waals surface area (Å²) in [5.74, 6) is 2.58. The number of fused-ring (bicyclic) bond motifs is 1. The summed E-state index contributed by atoms with van der Waals surface area (Å²) in [6.45, 7) is 2.21. The minimum atomic E-state index is -0.382. The van der Waals surface area contributed by atoms with Crippen LogP contribution in [-0.4, -0.2) is 64.5 Å². The Kier molecular flexibility index (Phi) is 6.37. The van der Waals surface area contributed by atoms with E-state index in [4.69, 9.17) is 14.2 Å². The number of H-pyrrole nitrogens is 1. The van der Waals surface area contributed by atoms with E-state index in [0.717, 1.165) is 42.6 Å². The maximum atomic E-state index is 13.4. The van der Waals surface area contributed by atoms with Gasteiger partial charge in [0.25, 0.3) is 5.56 Å². The fourth-order valence-electron chi connectivity index (χ4n) is 4.68. The van der Waals surface area contributed by atoms with Crippen molar-refractivity contribution in [1.29, 1.82) is 0 Å². The van der Waals surface area contributed by atoms with Crippen LogP contribution in [0.3, 0.4) is 0 Å². The third-order valence-electron chi connectivity index (χ3n) is 6.47. The molecule has 5 rings (SSSR count). The van der Waals surface area contributed by atoms with Crippen molar-refractivity contribution in [2.24, 2.45) is 0 Å². The number of pyridine rings is 1. The number of likely N-dealkylation sites (tertiary alicyclic amines) is 1. The van der Waals surface area contributed by atoms with E-state index in [0.29, 0.717) is 34.9 Å². The van der Waals surface area contributed by atoms with Gasteiger partial charge in [-0.25, -0.2) is 4.68 Å². The highest BCUT2D eigenvalue weighted by atomic mass is 16.5. The molecular formula is C25H28N6O4. The van der Waals surface area contributed by atoms with E-state index in [1.807, 2.05) is 36.4 Å². The summed E-state index contributed by atoms with van der Waals surface area (Å²) in [5.41, 5.74) is 2.12. The molecule has 35 heavy (non-hydrogen) atoms. The lowest BCUT2D eigenvalue weighted by atomic mass is 10.0. The van der Waals surface area contributed by atoms with E-state index in [9.17, 15) is 4.79 Å². The van der Waals surface area contributed by atoms with Crippen LogP contribution in [0.25, 0.3) is 10.9 Å². The lowest BCUT2D eigenvalue weighted by Gasteiger charge is -2.26. The Balaban J connectivity index is 1.59. The third-order valence-corrected chi connectivity index (χ3v) is 6.47. The van der Waals surface area contributed by atoms with Gasteiger partial charge in [0, 0.05) is 17.0 Å². The summed E-state index contributed by atoms with van der Waals surface area (Å²) >= 11 is 0. The predicted molar refractivity (Wildman–Crippen MR) is 130 cm³/mol. The molecular weight excluding hydrogens is 448 g/mol. The zero-order chi connectivity index (χ0) is 24.4. The van der Waals surface area contributed by atoms with Crippen molar-refractivity contribution in [3.05, 3.63) is 69.8 Å². The van der Waals surface area contributed by atoms with E-state index in [2.05, 4.69) is 25.4 Å². The molecule has 3 heterocycles. The second kappa shape index (κ2) is 9.75. The Hall–Kier alpha value is -3.92. The first kappa shape index (κ1) is 22.9. The van der Waals surface area contributed by atoms with Gasteiger partial charge in [0.2, 0.25) is 0 Å². The average molecular weight is 477 g/mol. The lowest BCUT2D eigenvalue weighted by Crippen LogP contribution is -2.33. The third kappa shape index (κ3) is 4.44. The minimum Gasteiger partial charge on any atom is -0.497 e. The van der Waals surface area contributed by atoms with Crippen molar-refractivity contribution in [2.75, 3.05) is 34.4 Å². The summed E-state index contributed by atoms with van der Waals surface area (Å²) in [5, 5.41) is 13.5. The number of nitrogens with zero attached hydrogens (tertiary/aromatic N) is 5. The van der Waals surface area contributed by atoms with Crippen LogP contribution >= 0.6 is 0 Å². The molecule has 1 fully saturated rings. The quantitative estimate of drug-likeness (QED) is 0.414. The van der Waals surface area contributed by atoms with Gasteiger partial charge in [-0.2, -0.15) is 0 Å². The minimum absolute atomic E-state index is 0.180. The molecule has 1 aliphatic rings. The standard InChI is InChI=1S/C25H28N6O4/c1-33-18-8-6-16(7-9-18)15-31-24(27-28-29-31)23(30-10-4-5-11-30)19-12-17-13-21(34-2)22(35-3)14-20(17)26-25(19)32/h6-9,12-14,23H,4-5,10-11,15H2,1-3H3,(H,26,32). The van der Waals surface area contributed by atoms with Gasteiger partial charge in [-0.1, -0.05) is 12.1 Å². The van der Waals surface area contributed by atoms with Crippen molar-refractivity contribution >= 4 is 10.9 Å². The molecule has 1 unspecified atom stereocenters. The number of benzene rings is 2. The molecule has 2 aromatic carbocycles. The van der Waals surface area contributed by atoms with Gasteiger partial charge < -0.3 is 19.2 Å². The number of aromatic amines is 1. The zero-order valence-corrected chi connectivity index (χ0v) is 20.0. The first-order valence-corrected chi connectivity index (χ1v) is 11.5. The van der Waals surface area contributed by atoms with Gasteiger partial charge in [0.05, 0.1) is 33.4 Å². The first-order valence-electron chi connectivity index (χ1n) is 11.5. The Morgan fingerprint density at radius 2 is 1.69 bits per heavy atom. The van der Waals surface area contributed by atoms with Crippen LogP contribution in [-0.2, 0) is 6.54 Å². The Morgan fingerprint density at radius 3 is 2.37 bits per heavy atom. The zero-order valence-electron chi connectivity index (χ0n) is 20.0. The molecule has 2 aromatic heterocycles. The van der Waals surface area contributed by atoms with Crippen molar-refractivity contribution in [3.8, 4) is 17.2 Å². The molecule has 0 spiro atoms. The maximum Gasteiger partial charge on any atom is 0.253 e. The number of aromatic nitrogens is 5. The molecule has 10 heteroatoms. The largest absolute Gasteiger partial charge is 0.497 e. The number of rotatable bonds is 8. The average Bonchev–Trinajstić information content (AvgIpc) is 3.57. The van der Waals surface area contributed by atoms with Crippen LogP contribution in [0.1, 0.15) is 35.8 Å². The molecule has 1 aliphatic heterocycles. The van der Waals surface area contributed by atoms with Crippen LogP contribution in [0.5, 0.6) is 17.2 Å². The molecule has 0 bridgehead atoms. The van der Waals surface area contributed by atoms with E-state index >= 15 is 0 Å². The van der Waals surface area contributed by atoms with Gasteiger partial charge in [0.15, 0.2) is 17.3 Å². The summed E-state index contributed by atoms with van der Waals surface area (Å²) in [4.78, 5) is 18.7. The van der Waals surface area contributed by atoms with Gasteiger partial charge in [0.1, 0.15) is 11.8 Å². The van der Waals surface area contributed by atoms with Gasteiger partial charge in [-0.05, 0) is 66.2 Å². The molecule has 0 amide bonds. The second-order valence-corrected chi connectivity index (χ2v) is 8.54. The number of ether oxygens (including phenoxy) is 3. The fourth-order valence-corrected chi connectivity index (χ4v) is 4.68. The highest BCUT2D eigenvalue weighted by Gasteiger charge is 2.32. The number of methoxy groups -OCH3 is 3. The Morgan fingerprint density at radius 1 is 0.971 bits per heavy atom.